The third kappa shape index (κ3) is 3.09. The second-order valence-electron chi connectivity index (χ2n) is 5.10. The lowest BCUT2D eigenvalue weighted by Crippen LogP contribution is -2.31. The van der Waals surface area contributed by atoms with Gasteiger partial charge in [0.1, 0.15) is 11.8 Å². The Morgan fingerprint density at radius 2 is 2.32 bits per heavy atom. The van der Waals surface area contributed by atoms with Gasteiger partial charge in [-0.3, -0.25) is 4.79 Å². The number of aliphatic hydroxyl groups excluding tert-OH is 1. The number of rotatable bonds is 5. The summed E-state index contributed by atoms with van der Waals surface area (Å²) in [4.78, 5) is 16.1. The van der Waals surface area contributed by atoms with Crippen LogP contribution in [0, 0.1) is 23.7 Å². The van der Waals surface area contributed by atoms with Crippen LogP contribution in [0.25, 0.3) is 0 Å². The molecule has 0 atom stereocenters. The lowest BCUT2D eigenvalue weighted by atomic mass is 10.0. The quantitative estimate of drug-likeness (QED) is 0.830. The van der Waals surface area contributed by atoms with Gasteiger partial charge in [-0.1, -0.05) is 0 Å². The Labute approximate surface area is 112 Å². The van der Waals surface area contributed by atoms with Crippen LogP contribution in [0.15, 0.2) is 12.1 Å². The molecule has 1 amide bonds. The minimum absolute atomic E-state index is 0.0893. The number of aromatic nitrogens is 1. The molecule has 0 radical (unpaired) electrons. The lowest BCUT2D eigenvalue weighted by Gasteiger charge is -2.14. The normalized spacial score (nSPS) is 15.6. The average molecular weight is 259 g/mol. The van der Waals surface area contributed by atoms with E-state index in [4.69, 9.17) is 10.4 Å². The van der Waals surface area contributed by atoms with Gasteiger partial charge in [-0.05, 0) is 43.7 Å². The van der Waals surface area contributed by atoms with Gasteiger partial charge in [0, 0.05) is 13.2 Å². The van der Waals surface area contributed by atoms with Crippen LogP contribution in [0.4, 0.5) is 0 Å². The van der Waals surface area contributed by atoms with Gasteiger partial charge >= 0.3 is 0 Å². The number of pyridine rings is 1. The zero-order valence-corrected chi connectivity index (χ0v) is 10.9. The molecule has 5 heteroatoms. The number of hydrogen-bond acceptors (Lipinski definition) is 4. The summed E-state index contributed by atoms with van der Waals surface area (Å²) >= 11 is 0. The first-order valence-corrected chi connectivity index (χ1v) is 6.37. The van der Waals surface area contributed by atoms with Crippen molar-refractivity contribution >= 4 is 5.91 Å². The molecule has 19 heavy (non-hydrogen) atoms. The molecule has 1 saturated carbocycles. The first-order valence-electron chi connectivity index (χ1n) is 6.37. The maximum Gasteiger partial charge on any atom is 0.269 e. The SMILES string of the molecule is Cc1nc(C(=O)NCC2(CCO)CC2)ccc1C#N. The van der Waals surface area contributed by atoms with Gasteiger partial charge in [0.2, 0.25) is 0 Å². The molecule has 0 spiro atoms. The van der Waals surface area contributed by atoms with Gasteiger partial charge in [-0.15, -0.1) is 0 Å². The van der Waals surface area contributed by atoms with Gasteiger partial charge in [0.05, 0.1) is 11.3 Å². The zero-order valence-electron chi connectivity index (χ0n) is 10.9. The van der Waals surface area contributed by atoms with Crippen LogP contribution in [0.3, 0.4) is 0 Å². The number of hydrogen-bond donors (Lipinski definition) is 2. The smallest absolute Gasteiger partial charge is 0.269 e. The van der Waals surface area contributed by atoms with Crippen LogP contribution in [0.2, 0.25) is 0 Å². The van der Waals surface area contributed by atoms with E-state index in [0.717, 1.165) is 19.3 Å². The van der Waals surface area contributed by atoms with Crippen LogP contribution in [-0.4, -0.2) is 29.1 Å². The van der Waals surface area contributed by atoms with Crippen molar-refractivity contribution in [1.82, 2.24) is 10.3 Å². The minimum atomic E-state index is -0.225. The van der Waals surface area contributed by atoms with Crippen molar-refractivity contribution < 1.29 is 9.90 Å². The summed E-state index contributed by atoms with van der Waals surface area (Å²) < 4.78 is 0. The average Bonchev–Trinajstić information content (AvgIpc) is 3.16. The molecule has 1 heterocycles. The Morgan fingerprint density at radius 1 is 1.58 bits per heavy atom. The predicted molar refractivity (Wildman–Crippen MR) is 69.4 cm³/mol. The first-order chi connectivity index (χ1) is 9.10. The molecule has 0 aromatic carbocycles. The summed E-state index contributed by atoms with van der Waals surface area (Å²) in [6, 6.07) is 5.19. The third-order valence-electron chi connectivity index (χ3n) is 3.66. The number of amides is 1. The Kier molecular flexibility index (Phi) is 3.82. The Morgan fingerprint density at radius 3 is 2.84 bits per heavy atom. The Balaban J connectivity index is 1.97. The monoisotopic (exact) mass is 259 g/mol. The van der Waals surface area contributed by atoms with E-state index < -0.39 is 0 Å². The van der Waals surface area contributed by atoms with Crippen molar-refractivity contribution in [1.29, 1.82) is 5.26 Å². The summed E-state index contributed by atoms with van der Waals surface area (Å²) in [6.07, 6.45) is 2.83. The zero-order chi connectivity index (χ0) is 13.9. The standard InChI is InChI=1S/C14H17N3O2/c1-10-11(8-15)2-3-12(17-10)13(19)16-9-14(4-5-14)6-7-18/h2-3,18H,4-7,9H2,1H3,(H,16,19). The fourth-order valence-electron chi connectivity index (χ4n) is 2.09. The largest absolute Gasteiger partial charge is 0.396 e. The molecule has 0 unspecified atom stereocenters. The second kappa shape index (κ2) is 5.37. The van der Waals surface area contributed by atoms with Crippen molar-refractivity contribution in [3.05, 3.63) is 29.1 Å². The number of aryl methyl sites for hydroxylation is 1. The van der Waals surface area contributed by atoms with Gasteiger partial charge in [0.15, 0.2) is 0 Å². The highest BCUT2D eigenvalue weighted by Gasteiger charge is 2.41. The summed E-state index contributed by atoms with van der Waals surface area (Å²) in [6.45, 7) is 2.45. The van der Waals surface area contributed by atoms with Crippen molar-refractivity contribution in [3.63, 3.8) is 0 Å². The molecule has 0 aliphatic heterocycles. The van der Waals surface area contributed by atoms with Crippen LogP contribution in [-0.2, 0) is 0 Å². The van der Waals surface area contributed by atoms with Crippen LogP contribution >= 0.6 is 0 Å². The molecular weight excluding hydrogens is 242 g/mol. The van der Waals surface area contributed by atoms with Crippen molar-refractivity contribution in [2.45, 2.75) is 26.2 Å². The van der Waals surface area contributed by atoms with Crippen LogP contribution in [0.5, 0.6) is 0 Å². The molecule has 1 aromatic rings. The van der Waals surface area contributed by atoms with Crippen molar-refractivity contribution in [2.75, 3.05) is 13.2 Å². The highest BCUT2D eigenvalue weighted by molar-refractivity contribution is 5.92. The van der Waals surface area contributed by atoms with Gasteiger partial charge < -0.3 is 10.4 Å². The fourth-order valence-corrected chi connectivity index (χ4v) is 2.09. The molecule has 1 fully saturated rings. The van der Waals surface area contributed by atoms with E-state index in [1.165, 1.54) is 0 Å². The molecule has 100 valence electrons. The maximum atomic E-state index is 12.0. The molecule has 1 aromatic heterocycles. The highest BCUT2D eigenvalue weighted by atomic mass is 16.3. The first kappa shape index (κ1) is 13.5. The fraction of sp³-hybridized carbons (Fsp3) is 0.500. The number of nitriles is 1. The van der Waals surface area contributed by atoms with E-state index in [1.54, 1.807) is 19.1 Å². The van der Waals surface area contributed by atoms with E-state index in [0.29, 0.717) is 23.5 Å². The number of carbonyl (C=O) groups excluding carboxylic acids is 1. The summed E-state index contributed by atoms with van der Waals surface area (Å²) in [5.41, 5.74) is 1.46. The van der Waals surface area contributed by atoms with Crippen molar-refractivity contribution in [3.8, 4) is 6.07 Å². The van der Waals surface area contributed by atoms with E-state index in [9.17, 15) is 4.79 Å². The Hall–Kier alpha value is -1.93. The summed E-state index contributed by atoms with van der Waals surface area (Å²) in [5, 5.41) is 20.6. The minimum Gasteiger partial charge on any atom is -0.396 e. The lowest BCUT2D eigenvalue weighted by molar-refractivity contribution is 0.0935. The molecule has 5 nitrogen and oxygen atoms in total. The number of aliphatic hydroxyl groups is 1. The molecule has 1 aliphatic carbocycles. The van der Waals surface area contributed by atoms with E-state index in [1.807, 2.05) is 6.07 Å². The van der Waals surface area contributed by atoms with E-state index in [2.05, 4.69) is 10.3 Å². The number of carbonyl (C=O) groups is 1. The Bertz CT molecular complexity index is 530. The van der Waals surface area contributed by atoms with E-state index in [-0.39, 0.29) is 17.9 Å². The summed E-state index contributed by atoms with van der Waals surface area (Å²) in [5.74, 6) is -0.225. The molecule has 0 saturated heterocycles. The molecule has 2 N–H and O–H groups in total. The third-order valence-corrected chi connectivity index (χ3v) is 3.66. The maximum absolute atomic E-state index is 12.0. The van der Waals surface area contributed by atoms with Gasteiger partial charge in [-0.2, -0.15) is 5.26 Å². The van der Waals surface area contributed by atoms with Crippen LogP contribution < -0.4 is 5.32 Å². The molecular formula is C14H17N3O2. The molecule has 0 bridgehead atoms. The van der Waals surface area contributed by atoms with E-state index >= 15 is 0 Å². The topological polar surface area (TPSA) is 86.0 Å². The molecule has 2 rings (SSSR count). The molecule has 1 aliphatic rings. The number of nitrogens with zero attached hydrogens (tertiary/aromatic N) is 2. The van der Waals surface area contributed by atoms with Gasteiger partial charge in [0.25, 0.3) is 5.91 Å². The van der Waals surface area contributed by atoms with Crippen molar-refractivity contribution in [2.24, 2.45) is 5.41 Å². The highest BCUT2D eigenvalue weighted by Crippen LogP contribution is 2.47. The second-order valence-corrected chi connectivity index (χ2v) is 5.10. The van der Waals surface area contributed by atoms with Gasteiger partial charge in [-0.25, -0.2) is 4.98 Å². The van der Waals surface area contributed by atoms with Crippen LogP contribution in [0.1, 0.15) is 41.0 Å². The number of nitrogens with one attached hydrogen (secondary N) is 1. The summed E-state index contributed by atoms with van der Waals surface area (Å²) in [7, 11) is 0. The predicted octanol–water partition coefficient (Wildman–Crippen LogP) is 1.15.